The van der Waals surface area contributed by atoms with Crippen molar-refractivity contribution in [2.75, 3.05) is 33.4 Å². The minimum atomic E-state index is 0.160. The Bertz CT molecular complexity index is 590. The van der Waals surface area contributed by atoms with Crippen LogP contribution in [0.15, 0.2) is 48.5 Å². The zero-order valence-electron chi connectivity index (χ0n) is 14.1. The normalized spacial score (nSPS) is 10.6. The lowest BCUT2D eigenvalue weighted by Crippen LogP contribution is -2.28. The largest absolute Gasteiger partial charge is 0.493 e. The van der Waals surface area contributed by atoms with Crippen molar-refractivity contribution in [3.63, 3.8) is 0 Å². The highest BCUT2D eigenvalue weighted by Crippen LogP contribution is 2.31. The van der Waals surface area contributed by atoms with Gasteiger partial charge in [0, 0.05) is 31.7 Å². The van der Waals surface area contributed by atoms with Crippen molar-refractivity contribution < 1.29 is 14.6 Å². The highest BCUT2D eigenvalue weighted by Gasteiger charge is 2.10. The molecule has 0 fully saturated rings. The molecule has 2 aromatic rings. The molecule has 0 saturated heterocycles. The fourth-order valence-electron chi connectivity index (χ4n) is 2.36. The predicted molar refractivity (Wildman–Crippen MR) is 95.4 cm³/mol. The van der Waals surface area contributed by atoms with E-state index in [2.05, 4.69) is 10.6 Å². The second-order valence-corrected chi connectivity index (χ2v) is 5.37. The van der Waals surface area contributed by atoms with Gasteiger partial charge in [0.15, 0.2) is 11.5 Å². The topological polar surface area (TPSA) is 62.8 Å². The van der Waals surface area contributed by atoms with Crippen LogP contribution in [-0.4, -0.2) is 38.5 Å². The summed E-state index contributed by atoms with van der Waals surface area (Å²) < 4.78 is 11.5. The Morgan fingerprint density at radius 3 is 2.46 bits per heavy atom. The molecule has 0 heterocycles. The van der Waals surface area contributed by atoms with Crippen molar-refractivity contribution in [2.45, 2.75) is 13.2 Å². The molecular weight excluding hydrogens is 304 g/mol. The van der Waals surface area contributed by atoms with Gasteiger partial charge in [-0.15, -0.1) is 0 Å². The lowest BCUT2D eigenvalue weighted by molar-refractivity contribution is 0.280. The van der Waals surface area contributed by atoms with Gasteiger partial charge in [0.2, 0.25) is 0 Å². The third-order valence-corrected chi connectivity index (χ3v) is 3.59. The number of rotatable bonds is 11. The lowest BCUT2D eigenvalue weighted by Gasteiger charge is -2.16. The summed E-state index contributed by atoms with van der Waals surface area (Å²) in [6.07, 6.45) is 0. The van der Waals surface area contributed by atoms with Crippen LogP contribution in [0.5, 0.6) is 11.5 Å². The van der Waals surface area contributed by atoms with Gasteiger partial charge >= 0.3 is 0 Å². The number of para-hydroxylation sites is 1. The van der Waals surface area contributed by atoms with E-state index in [4.69, 9.17) is 14.6 Å². The summed E-state index contributed by atoms with van der Waals surface area (Å²) in [5, 5.41) is 15.2. The van der Waals surface area contributed by atoms with Crippen LogP contribution >= 0.6 is 0 Å². The fraction of sp³-hybridized carbons (Fsp3) is 0.368. The standard InChI is InChI=1S/C19H26N2O3/c1-23-18-9-5-8-17(14-21-11-10-20-12-13-22)19(18)24-15-16-6-3-2-4-7-16/h2-9,20-22H,10-15H2,1H3. The molecule has 2 aromatic carbocycles. The van der Waals surface area contributed by atoms with Crippen LogP contribution in [0.2, 0.25) is 0 Å². The summed E-state index contributed by atoms with van der Waals surface area (Å²) in [5.74, 6) is 1.52. The van der Waals surface area contributed by atoms with E-state index in [9.17, 15) is 0 Å². The summed E-state index contributed by atoms with van der Waals surface area (Å²) in [6, 6.07) is 16.0. The van der Waals surface area contributed by atoms with Crippen molar-refractivity contribution >= 4 is 0 Å². The molecule has 0 aliphatic rings. The fourth-order valence-corrected chi connectivity index (χ4v) is 2.36. The molecule has 2 rings (SSSR count). The van der Waals surface area contributed by atoms with Gasteiger partial charge in [-0.05, 0) is 11.6 Å². The zero-order valence-corrected chi connectivity index (χ0v) is 14.1. The summed E-state index contributed by atoms with van der Waals surface area (Å²) in [4.78, 5) is 0. The molecule has 0 saturated carbocycles. The van der Waals surface area contributed by atoms with Gasteiger partial charge in [0.05, 0.1) is 13.7 Å². The second-order valence-electron chi connectivity index (χ2n) is 5.37. The van der Waals surface area contributed by atoms with E-state index in [0.717, 1.165) is 35.7 Å². The first-order valence-corrected chi connectivity index (χ1v) is 8.20. The summed E-state index contributed by atoms with van der Waals surface area (Å²) in [5.41, 5.74) is 2.18. The number of benzene rings is 2. The summed E-state index contributed by atoms with van der Waals surface area (Å²) in [7, 11) is 1.65. The Labute approximate surface area is 143 Å². The third-order valence-electron chi connectivity index (χ3n) is 3.59. The van der Waals surface area contributed by atoms with E-state index < -0.39 is 0 Å². The van der Waals surface area contributed by atoms with E-state index >= 15 is 0 Å². The summed E-state index contributed by atoms with van der Waals surface area (Å²) >= 11 is 0. The number of hydrogen-bond donors (Lipinski definition) is 3. The maximum absolute atomic E-state index is 8.73. The Morgan fingerprint density at radius 1 is 0.917 bits per heavy atom. The molecule has 3 N–H and O–H groups in total. The number of methoxy groups -OCH3 is 1. The lowest BCUT2D eigenvalue weighted by atomic mass is 10.1. The molecule has 130 valence electrons. The van der Waals surface area contributed by atoms with E-state index in [1.54, 1.807) is 7.11 Å². The molecule has 5 heteroatoms. The number of aliphatic hydroxyl groups excluding tert-OH is 1. The molecule has 0 radical (unpaired) electrons. The van der Waals surface area contributed by atoms with Gasteiger partial charge in [-0.2, -0.15) is 0 Å². The highest BCUT2D eigenvalue weighted by atomic mass is 16.5. The first-order chi connectivity index (χ1) is 11.8. The van der Waals surface area contributed by atoms with E-state index in [0.29, 0.717) is 19.7 Å². The van der Waals surface area contributed by atoms with Gasteiger partial charge in [0.25, 0.3) is 0 Å². The van der Waals surface area contributed by atoms with Crippen LogP contribution in [0.4, 0.5) is 0 Å². The second kappa shape index (κ2) is 10.6. The van der Waals surface area contributed by atoms with Gasteiger partial charge in [0.1, 0.15) is 6.61 Å². The molecule has 24 heavy (non-hydrogen) atoms. The number of hydrogen-bond acceptors (Lipinski definition) is 5. The van der Waals surface area contributed by atoms with E-state index in [1.807, 2.05) is 48.5 Å². The molecule has 0 unspecified atom stereocenters. The first kappa shape index (κ1) is 18.3. The molecule has 5 nitrogen and oxygen atoms in total. The van der Waals surface area contributed by atoms with Gasteiger partial charge in [-0.1, -0.05) is 42.5 Å². The molecule has 0 amide bonds. The Hall–Kier alpha value is -2.08. The van der Waals surface area contributed by atoms with Crippen molar-refractivity contribution in [3.8, 4) is 11.5 Å². The smallest absolute Gasteiger partial charge is 0.166 e. The maximum Gasteiger partial charge on any atom is 0.166 e. The summed E-state index contributed by atoms with van der Waals surface area (Å²) in [6.45, 7) is 3.61. The Kier molecular flexibility index (Phi) is 8.10. The minimum Gasteiger partial charge on any atom is -0.493 e. The zero-order chi connectivity index (χ0) is 17.0. The van der Waals surface area contributed by atoms with Crippen LogP contribution in [0, 0.1) is 0 Å². The van der Waals surface area contributed by atoms with Crippen molar-refractivity contribution in [2.24, 2.45) is 0 Å². The highest BCUT2D eigenvalue weighted by molar-refractivity contribution is 5.46. The molecular formula is C19H26N2O3. The maximum atomic E-state index is 8.73. The molecule has 0 spiro atoms. The Balaban J connectivity index is 1.94. The Morgan fingerprint density at radius 2 is 1.71 bits per heavy atom. The molecule has 0 aliphatic heterocycles. The predicted octanol–water partition coefficient (Wildman–Crippen LogP) is 1.95. The van der Waals surface area contributed by atoms with Gasteiger partial charge < -0.3 is 25.2 Å². The SMILES string of the molecule is COc1cccc(CNCCNCCO)c1OCc1ccccc1. The van der Waals surface area contributed by atoms with E-state index in [1.165, 1.54) is 0 Å². The third kappa shape index (κ3) is 5.85. The minimum absolute atomic E-state index is 0.160. The van der Waals surface area contributed by atoms with Crippen LogP contribution in [0.1, 0.15) is 11.1 Å². The van der Waals surface area contributed by atoms with Gasteiger partial charge in [-0.25, -0.2) is 0 Å². The van der Waals surface area contributed by atoms with Crippen LogP contribution in [0.25, 0.3) is 0 Å². The van der Waals surface area contributed by atoms with E-state index in [-0.39, 0.29) is 6.61 Å². The number of nitrogens with one attached hydrogen (secondary N) is 2. The van der Waals surface area contributed by atoms with Crippen LogP contribution in [0.3, 0.4) is 0 Å². The first-order valence-electron chi connectivity index (χ1n) is 8.20. The van der Waals surface area contributed by atoms with Crippen LogP contribution in [-0.2, 0) is 13.2 Å². The molecule has 0 bridgehead atoms. The monoisotopic (exact) mass is 330 g/mol. The van der Waals surface area contributed by atoms with Crippen molar-refractivity contribution in [1.29, 1.82) is 0 Å². The van der Waals surface area contributed by atoms with Crippen molar-refractivity contribution in [3.05, 3.63) is 59.7 Å². The quantitative estimate of drug-likeness (QED) is 0.550. The van der Waals surface area contributed by atoms with Crippen molar-refractivity contribution in [1.82, 2.24) is 10.6 Å². The van der Waals surface area contributed by atoms with Crippen LogP contribution < -0.4 is 20.1 Å². The number of ether oxygens (including phenoxy) is 2. The number of aliphatic hydroxyl groups is 1. The molecule has 0 aliphatic carbocycles. The average molecular weight is 330 g/mol. The molecule has 0 aromatic heterocycles. The van der Waals surface area contributed by atoms with Gasteiger partial charge in [-0.3, -0.25) is 0 Å². The average Bonchev–Trinajstić information content (AvgIpc) is 2.64. The molecule has 0 atom stereocenters.